The van der Waals surface area contributed by atoms with Gasteiger partial charge in [-0.3, -0.25) is 14.5 Å². The highest BCUT2D eigenvalue weighted by Gasteiger charge is 2.37. The molecule has 1 aromatic carbocycles. The van der Waals surface area contributed by atoms with E-state index in [9.17, 15) is 9.59 Å². The number of fused-ring (bicyclic) bond motifs is 4. The summed E-state index contributed by atoms with van der Waals surface area (Å²) >= 11 is 0. The van der Waals surface area contributed by atoms with Crippen molar-refractivity contribution in [1.29, 1.82) is 0 Å². The van der Waals surface area contributed by atoms with Gasteiger partial charge in [-0.25, -0.2) is 0 Å². The van der Waals surface area contributed by atoms with Crippen molar-refractivity contribution in [3.8, 4) is 0 Å². The molecule has 1 N–H and O–H groups in total. The number of nitrogens with one attached hydrogen (secondary N) is 1. The number of piperidine rings is 1. The Kier molecular flexibility index (Phi) is 5.36. The van der Waals surface area contributed by atoms with Crippen LogP contribution in [0, 0.1) is 5.92 Å². The molecule has 1 amide bonds. The minimum Gasteiger partial charge on any atom is -0.337 e. The smallest absolute Gasteiger partial charge is 0.261 e. The summed E-state index contributed by atoms with van der Waals surface area (Å²) < 4.78 is 0. The highest BCUT2D eigenvalue weighted by Crippen LogP contribution is 2.29. The van der Waals surface area contributed by atoms with Gasteiger partial charge in [0, 0.05) is 37.9 Å². The van der Waals surface area contributed by atoms with Gasteiger partial charge in [0.1, 0.15) is 5.56 Å². The van der Waals surface area contributed by atoms with Crippen molar-refractivity contribution >= 4 is 5.91 Å². The van der Waals surface area contributed by atoms with E-state index in [4.69, 9.17) is 0 Å². The van der Waals surface area contributed by atoms with Gasteiger partial charge in [-0.05, 0) is 42.4 Å². The summed E-state index contributed by atoms with van der Waals surface area (Å²) in [6, 6.07) is 14.5. The third-order valence-corrected chi connectivity index (χ3v) is 6.13. The lowest BCUT2D eigenvalue weighted by Crippen LogP contribution is -2.44. The van der Waals surface area contributed by atoms with Crippen LogP contribution in [-0.4, -0.2) is 46.4 Å². The van der Waals surface area contributed by atoms with Crippen molar-refractivity contribution in [3.63, 3.8) is 0 Å². The maximum Gasteiger partial charge on any atom is 0.261 e. The van der Waals surface area contributed by atoms with Crippen LogP contribution in [0.2, 0.25) is 0 Å². The van der Waals surface area contributed by atoms with Crippen LogP contribution in [-0.2, 0) is 6.54 Å². The SMILES string of the molecule is CC(C)c1ccc(C(=O)N2C[C@H]3CC[C@@H](C2)N(Cc2ccccc2)C3)c(=O)[nH]1. The van der Waals surface area contributed by atoms with E-state index < -0.39 is 0 Å². The Morgan fingerprint density at radius 3 is 2.57 bits per heavy atom. The number of hydrogen-bond donors (Lipinski definition) is 1. The standard InChI is InChI=1S/C23H29N3O2/c1-16(2)21-11-10-20(22(27)24-21)23(28)26-14-18-8-9-19(15-26)25(13-18)12-17-6-4-3-5-7-17/h3-7,10-11,16,18-19H,8-9,12-15H2,1-2H3,(H,24,27)/t18-,19-/m0/s1. The van der Waals surface area contributed by atoms with Crippen LogP contribution in [0.3, 0.4) is 0 Å². The number of rotatable bonds is 4. The van der Waals surface area contributed by atoms with Crippen molar-refractivity contribution in [2.75, 3.05) is 19.6 Å². The summed E-state index contributed by atoms with van der Waals surface area (Å²) in [5, 5.41) is 0. The van der Waals surface area contributed by atoms with Crippen molar-refractivity contribution in [2.24, 2.45) is 5.92 Å². The number of benzene rings is 1. The topological polar surface area (TPSA) is 56.4 Å². The predicted octanol–water partition coefficient (Wildman–Crippen LogP) is 3.23. The first-order chi connectivity index (χ1) is 13.5. The number of amides is 1. The molecule has 0 spiro atoms. The normalized spacial score (nSPS) is 22.5. The minimum atomic E-state index is -0.270. The van der Waals surface area contributed by atoms with Crippen LogP contribution in [0.15, 0.2) is 47.3 Å². The number of carbonyl (C=O) groups is 1. The Morgan fingerprint density at radius 2 is 1.86 bits per heavy atom. The Hall–Kier alpha value is -2.40. The molecule has 148 valence electrons. The lowest BCUT2D eigenvalue weighted by Gasteiger charge is -2.36. The second-order valence-corrected chi connectivity index (χ2v) is 8.53. The first kappa shape index (κ1) is 18.9. The molecule has 3 saturated heterocycles. The van der Waals surface area contributed by atoms with E-state index in [1.54, 1.807) is 6.07 Å². The van der Waals surface area contributed by atoms with Crippen LogP contribution in [0.1, 0.15) is 54.2 Å². The first-order valence-electron chi connectivity index (χ1n) is 10.3. The Labute approximate surface area is 166 Å². The molecular formula is C23H29N3O2. The zero-order chi connectivity index (χ0) is 19.7. The summed E-state index contributed by atoms with van der Waals surface area (Å²) in [4.78, 5) is 32.9. The summed E-state index contributed by atoms with van der Waals surface area (Å²) in [7, 11) is 0. The molecule has 3 aliphatic rings. The molecule has 1 aromatic heterocycles. The molecule has 5 nitrogen and oxygen atoms in total. The molecule has 5 rings (SSSR count). The second kappa shape index (κ2) is 7.92. The molecule has 0 saturated carbocycles. The molecule has 3 fully saturated rings. The molecule has 0 radical (unpaired) electrons. The van der Waals surface area contributed by atoms with Crippen LogP contribution in [0.25, 0.3) is 0 Å². The average molecular weight is 380 g/mol. The Morgan fingerprint density at radius 1 is 1.07 bits per heavy atom. The van der Waals surface area contributed by atoms with Crippen LogP contribution in [0.5, 0.6) is 0 Å². The maximum absolute atomic E-state index is 13.1. The number of nitrogens with zero attached hydrogens (tertiary/aromatic N) is 2. The maximum atomic E-state index is 13.1. The lowest BCUT2D eigenvalue weighted by atomic mass is 9.94. The minimum absolute atomic E-state index is 0.130. The molecule has 2 bridgehead atoms. The number of H-pyrrole nitrogens is 1. The molecule has 2 aromatic rings. The van der Waals surface area contributed by atoms with Crippen molar-refractivity contribution in [2.45, 2.75) is 45.2 Å². The summed E-state index contributed by atoms with van der Waals surface area (Å²) in [5.74, 6) is 0.577. The van der Waals surface area contributed by atoms with E-state index in [0.717, 1.165) is 38.2 Å². The van der Waals surface area contributed by atoms with E-state index in [2.05, 4.69) is 34.1 Å². The molecule has 2 atom stereocenters. The van der Waals surface area contributed by atoms with Gasteiger partial charge < -0.3 is 9.88 Å². The van der Waals surface area contributed by atoms with Crippen LogP contribution >= 0.6 is 0 Å². The molecule has 28 heavy (non-hydrogen) atoms. The molecule has 4 heterocycles. The van der Waals surface area contributed by atoms with E-state index in [0.29, 0.717) is 18.5 Å². The molecular weight excluding hydrogens is 350 g/mol. The number of carbonyl (C=O) groups excluding carboxylic acids is 1. The summed E-state index contributed by atoms with van der Waals surface area (Å²) in [6.45, 7) is 7.44. The second-order valence-electron chi connectivity index (χ2n) is 8.53. The van der Waals surface area contributed by atoms with E-state index >= 15 is 0 Å². The van der Waals surface area contributed by atoms with Gasteiger partial charge in [0.05, 0.1) is 0 Å². The van der Waals surface area contributed by atoms with Gasteiger partial charge in [0.25, 0.3) is 11.5 Å². The van der Waals surface area contributed by atoms with Gasteiger partial charge in [-0.1, -0.05) is 44.2 Å². The van der Waals surface area contributed by atoms with Crippen molar-refractivity contribution in [1.82, 2.24) is 14.8 Å². The van der Waals surface area contributed by atoms with Crippen molar-refractivity contribution in [3.05, 3.63) is 69.6 Å². The van der Waals surface area contributed by atoms with E-state index in [1.807, 2.05) is 30.9 Å². The first-order valence-corrected chi connectivity index (χ1v) is 10.3. The Bertz CT molecular complexity index is 890. The number of aromatic amines is 1. The van der Waals surface area contributed by atoms with Gasteiger partial charge in [0.2, 0.25) is 0 Å². The van der Waals surface area contributed by atoms with E-state index in [1.165, 1.54) is 5.56 Å². The lowest BCUT2D eigenvalue weighted by molar-refractivity contribution is 0.0734. The summed E-state index contributed by atoms with van der Waals surface area (Å²) in [6.07, 6.45) is 2.27. The monoisotopic (exact) mass is 379 g/mol. The highest BCUT2D eigenvalue weighted by atomic mass is 16.2. The molecule has 3 aliphatic heterocycles. The van der Waals surface area contributed by atoms with Crippen LogP contribution < -0.4 is 5.56 Å². The zero-order valence-corrected chi connectivity index (χ0v) is 16.7. The largest absolute Gasteiger partial charge is 0.337 e. The predicted molar refractivity (Wildman–Crippen MR) is 110 cm³/mol. The number of aromatic nitrogens is 1. The molecule has 0 unspecified atom stereocenters. The zero-order valence-electron chi connectivity index (χ0n) is 16.7. The molecule has 5 heteroatoms. The highest BCUT2D eigenvalue weighted by molar-refractivity contribution is 5.94. The van der Waals surface area contributed by atoms with Crippen LogP contribution in [0.4, 0.5) is 0 Å². The average Bonchev–Trinajstić information content (AvgIpc) is 3.00. The summed E-state index contributed by atoms with van der Waals surface area (Å²) in [5.41, 5.74) is 2.18. The van der Waals surface area contributed by atoms with Gasteiger partial charge in [0.15, 0.2) is 0 Å². The fraction of sp³-hybridized carbons (Fsp3) is 0.478. The number of pyridine rings is 1. The van der Waals surface area contributed by atoms with Gasteiger partial charge >= 0.3 is 0 Å². The third kappa shape index (κ3) is 3.90. The van der Waals surface area contributed by atoms with Gasteiger partial charge in [-0.15, -0.1) is 0 Å². The van der Waals surface area contributed by atoms with Gasteiger partial charge in [-0.2, -0.15) is 0 Å². The fourth-order valence-corrected chi connectivity index (χ4v) is 4.52. The van der Waals surface area contributed by atoms with Crippen molar-refractivity contribution < 1.29 is 4.79 Å². The molecule has 0 aliphatic carbocycles. The fourth-order valence-electron chi connectivity index (χ4n) is 4.52. The quantitative estimate of drug-likeness (QED) is 0.887. The third-order valence-electron chi connectivity index (χ3n) is 6.13. The number of hydrogen-bond acceptors (Lipinski definition) is 3. The van der Waals surface area contributed by atoms with E-state index in [-0.39, 0.29) is 22.9 Å². The Balaban J connectivity index is 1.51.